The molecule has 1 heterocycles. The Kier molecular flexibility index (Phi) is 9.83. The van der Waals surface area contributed by atoms with E-state index in [4.69, 9.17) is 15.6 Å². The highest BCUT2D eigenvalue weighted by Crippen LogP contribution is 2.29. The van der Waals surface area contributed by atoms with Gasteiger partial charge in [-0.2, -0.15) is 0 Å². The molecule has 0 radical (unpaired) electrons. The zero-order valence-electron chi connectivity index (χ0n) is 12.4. The van der Waals surface area contributed by atoms with Gasteiger partial charge in [0.05, 0.1) is 6.61 Å². The normalized spacial score (nSPS) is 33.3. The molecule has 7 heteroatoms. The molecule has 6 nitrogen and oxygen atoms in total. The van der Waals surface area contributed by atoms with Crippen LogP contribution in [0.3, 0.4) is 0 Å². The fourth-order valence-electron chi connectivity index (χ4n) is 2.36. The standard InChI is InChI=1S/C14H29NO5S/c15-7-5-3-1-2-4-6-8-21-14-13(19)12(18)11(17)10(9-16)20-14/h10-14,16-19H,1-9,15H2/t10-,11-,12+,13-,14+/m1/s1. The van der Waals surface area contributed by atoms with Gasteiger partial charge in [0.2, 0.25) is 0 Å². The molecular weight excluding hydrogens is 294 g/mol. The van der Waals surface area contributed by atoms with Crippen molar-refractivity contribution in [3.05, 3.63) is 0 Å². The Labute approximate surface area is 130 Å². The molecule has 0 aromatic heterocycles. The van der Waals surface area contributed by atoms with Crippen LogP contribution in [0, 0.1) is 0 Å². The zero-order valence-corrected chi connectivity index (χ0v) is 13.2. The van der Waals surface area contributed by atoms with Crippen LogP contribution < -0.4 is 5.73 Å². The molecule has 21 heavy (non-hydrogen) atoms. The highest BCUT2D eigenvalue weighted by molar-refractivity contribution is 7.99. The monoisotopic (exact) mass is 323 g/mol. The highest BCUT2D eigenvalue weighted by Gasteiger charge is 2.43. The summed E-state index contributed by atoms with van der Waals surface area (Å²) in [7, 11) is 0. The summed E-state index contributed by atoms with van der Waals surface area (Å²) < 4.78 is 5.43. The molecule has 1 aliphatic heterocycles. The minimum absolute atomic E-state index is 0.372. The quantitative estimate of drug-likeness (QED) is 0.354. The summed E-state index contributed by atoms with van der Waals surface area (Å²) in [4.78, 5) is 0. The van der Waals surface area contributed by atoms with Crippen molar-refractivity contribution in [1.82, 2.24) is 0 Å². The maximum Gasteiger partial charge on any atom is 0.132 e. The topological polar surface area (TPSA) is 116 Å². The summed E-state index contributed by atoms with van der Waals surface area (Å²) >= 11 is 1.42. The number of unbranched alkanes of at least 4 members (excludes halogenated alkanes) is 5. The first kappa shape index (κ1) is 19.2. The van der Waals surface area contributed by atoms with Gasteiger partial charge in [0.25, 0.3) is 0 Å². The van der Waals surface area contributed by atoms with Crippen molar-refractivity contribution < 1.29 is 25.2 Å². The summed E-state index contributed by atoms with van der Waals surface area (Å²) in [6, 6.07) is 0. The molecule has 1 aliphatic rings. The van der Waals surface area contributed by atoms with E-state index in [1.54, 1.807) is 0 Å². The first-order valence-electron chi connectivity index (χ1n) is 7.74. The Morgan fingerprint density at radius 2 is 1.48 bits per heavy atom. The average Bonchev–Trinajstić information content (AvgIpc) is 2.49. The van der Waals surface area contributed by atoms with E-state index < -0.39 is 29.9 Å². The van der Waals surface area contributed by atoms with Crippen molar-refractivity contribution in [3.8, 4) is 0 Å². The van der Waals surface area contributed by atoms with Crippen molar-refractivity contribution in [2.75, 3.05) is 18.9 Å². The van der Waals surface area contributed by atoms with Crippen molar-refractivity contribution in [1.29, 1.82) is 0 Å². The van der Waals surface area contributed by atoms with E-state index in [9.17, 15) is 15.3 Å². The van der Waals surface area contributed by atoms with Crippen LogP contribution in [-0.4, -0.2) is 69.2 Å². The summed E-state index contributed by atoms with van der Waals surface area (Å²) in [5.41, 5.74) is 4.83. The van der Waals surface area contributed by atoms with E-state index in [0.717, 1.165) is 31.6 Å². The predicted molar refractivity (Wildman–Crippen MR) is 83.0 cm³/mol. The molecule has 0 spiro atoms. The number of thioether (sulfide) groups is 1. The Balaban J connectivity index is 2.16. The third-order valence-electron chi connectivity index (χ3n) is 3.73. The number of ether oxygens (including phenoxy) is 1. The molecule has 0 amide bonds. The molecule has 1 fully saturated rings. The van der Waals surface area contributed by atoms with Crippen LogP contribution in [0.5, 0.6) is 0 Å². The Morgan fingerprint density at radius 1 is 0.857 bits per heavy atom. The molecule has 0 aromatic carbocycles. The Hall–Kier alpha value is 0.110. The first-order valence-corrected chi connectivity index (χ1v) is 8.79. The summed E-state index contributed by atoms with van der Waals surface area (Å²) in [5, 5.41) is 38.3. The summed E-state index contributed by atoms with van der Waals surface area (Å²) in [6.45, 7) is 0.385. The van der Waals surface area contributed by atoms with E-state index in [1.165, 1.54) is 31.0 Å². The van der Waals surface area contributed by atoms with E-state index in [0.29, 0.717) is 0 Å². The third kappa shape index (κ3) is 6.40. The van der Waals surface area contributed by atoms with Crippen LogP contribution in [0.1, 0.15) is 38.5 Å². The number of aliphatic hydroxyl groups is 4. The largest absolute Gasteiger partial charge is 0.394 e. The highest BCUT2D eigenvalue weighted by atomic mass is 32.2. The van der Waals surface area contributed by atoms with Crippen LogP contribution in [-0.2, 0) is 4.74 Å². The van der Waals surface area contributed by atoms with E-state index in [1.807, 2.05) is 0 Å². The minimum atomic E-state index is -1.27. The van der Waals surface area contributed by atoms with Gasteiger partial charge in [-0.05, 0) is 25.1 Å². The fourth-order valence-corrected chi connectivity index (χ4v) is 3.54. The Morgan fingerprint density at radius 3 is 2.10 bits per heavy atom. The molecule has 0 aliphatic carbocycles. The Bertz CT molecular complexity index is 270. The zero-order chi connectivity index (χ0) is 15.7. The molecule has 6 N–H and O–H groups in total. The third-order valence-corrected chi connectivity index (χ3v) is 4.97. The van der Waals surface area contributed by atoms with Gasteiger partial charge < -0.3 is 30.9 Å². The van der Waals surface area contributed by atoms with Crippen molar-refractivity contribution in [2.24, 2.45) is 5.73 Å². The molecule has 0 bridgehead atoms. The second kappa shape index (κ2) is 10.8. The van der Waals surface area contributed by atoms with Crippen molar-refractivity contribution in [2.45, 2.75) is 68.4 Å². The van der Waals surface area contributed by atoms with Crippen LogP contribution in [0.15, 0.2) is 0 Å². The van der Waals surface area contributed by atoms with Gasteiger partial charge in [-0.3, -0.25) is 0 Å². The lowest BCUT2D eigenvalue weighted by molar-refractivity contribution is -0.205. The first-order chi connectivity index (χ1) is 10.1. The molecule has 0 saturated carbocycles. The fraction of sp³-hybridized carbons (Fsp3) is 1.00. The van der Waals surface area contributed by atoms with Crippen molar-refractivity contribution in [3.63, 3.8) is 0 Å². The van der Waals surface area contributed by atoms with Crippen LogP contribution >= 0.6 is 11.8 Å². The van der Waals surface area contributed by atoms with E-state index in [-0.39, 0.29) is 6.61 Å². The molecule has 1 rings (SSSR count). The number of aliphatic hydroxyl groups excluding tert-OH is 4. The summed E-state index contributed by atoms with van der Waals surface area (Å²) in [6.07, 6.45) is 2.29. The molecule has 1 saturated heterocycles. The maximum atomic E-state index is 9.87. The predicted octanol–water partition coefficient (Wildman–Crippen LogP) is -0.181. The lowest BCUT2D eigenvalue weighted by atomic mass is 10.0. The molecule has 5 atom stereocenters. The van der Waals surface area contributed by atoms with Crippen LogP contribution in [0.25, 0.3) is 0 Å². The molecular formula is C14H29NO5S. The average molecular weight is 323 g/mol. The van der Waals surface area contributed by atoms with E-state index in [2.05, 4.69) is 0 Å². The smallest absolute Gasteiger partial charge is 0.132 e. The molecule has 126 valence electrons. The number of hydrogen-bond acceptors (Lipinski definition) is 7. The summed E-state index contributed by atoms with van der Waals surface area (Å²) in [5.74, 6) is 0.819. The van der Waals surface area contributed by atoms with Gasteiger partial charge in [0.15, 0.2) is 0 Å². The number of hydrogen-bond donors (Lipinski definition) is 5. The van der Waals surface area contributed by atoms with Gasteiger partial charge in [0.1, 0.15) is 29.9 Å². The SMILES string of the molecule is NCCCCCCCCS[C@@H]1O[C@H](CO)[C@@H](O)[C@H](O)[C@H]1O. The van der Waals surface area contributed by atoms with Gasteiger partial charge >= 0.3 is 0 Å². The second-order valence-electron chi connectivity index (χ2n) is 5.48. The lowest BCUT2D eigenvalue weighted by Gasteiger charge is -2.39. The van der Waals surface area contributed by atoms with Gasteiger partial charge in [-0.1, -0.05) is 25.7 Å². The van der Waals surface area contributed by atoms with Crippen LogP contribution in [0.4, 0.5) is 0 Å². The van der Waals surface area contributed by atoms with Gasteiger partial charge in [-0.25, -0.2) is 0 Å². The maximum absolute atomic E-state index is 9.87. The van der Waals surface area contributed by atoms with Gasteiger partial charge in [-0.15, -0.1) is 11.8 Å². The van der Waals surface area contributed by atoms with Crippen molar-refractivity contribution >= 4 is 11.8 Å². The number of rotatable bonds is 10. The number of nitrogens with two attached hydrogens (primary N) is 1. The minimum Gasteiger partial charge on any atom is -0.394 e. The van der Waals surface area contributed by atoms with Gasteiger partial charge in [0, 0.05) is 0 Å². The lowest BCUT2D eigenvalue weighted by Crippen LogP contribution is -2.57. The molecule has 0 unspecified atom stereocenters. The van der Waals surface area contributed by atoms with E-state index >= 15 is 0 Å². The second-order valence-corrected chi connectivity index (χ2v) is 6.68. The molecule has 0 aromatic rings. The van der Waals surface area contributed by atoms with Crippen LogP contribution in [0.2, 0.25) is 0 Å².